The number of likely N-dealkylation sites (N-methyl/N-ethyl adjacent to an activating group) is 1. The monoisotopic (exact) mass is 294 g/mol. The second kappa shape index (κ2) is 6.24. The number of carbonyl (C=O) groups excluding carboxylic acids is 2. The number of hydrogen-bond donors (Lipinski definition) is 0. The van der Waals surface area contributed by atoms with E-state index in [0.29, 0.717) is 37.6 Å². The van der Waals surface area contributed by atoms with Crippen LogP contribution in [0.5, 0.6) is 0 Å². The summed E-state index contributed by atoms with van der Waals surface area (Å²) >= 11 is 0. The molecule has 0 spiro atoms. The zero-order valence-corrected chi connectivity index (χ0v) is 13.0. The smallest absolute Gasteiger partial charge is 0.227 e. The fourth-order valence-corrected chi connectivity index (χ4v) is 2.53. The van der Waals surface area contributed by atoms with Crippen molar-refractivity contribution in [1.29, 1.82) is 0 Å². The molecule has 1 atom stereocenters. The highest BCUT2D eigenvalue weighted by molar-refractivity contribution is 5.89. The lowest BCUT2D eigenvalue weighted by Gasteiger charge is -2.23. The van der Waals surface area contributed by atoms with Crippen LogP contribution in [-0.2, 0) is 16.0 Å². The molecule has 7 nitrogen and oxygen atoms in total. The van der Waals surface area contributed by atoms with Crippen LogP contribution in [0.4, 0.5) is 0 Å². The average molecular weight is 294 g/mol. The molecule has 0 unspecified atom stereocenters. The van der Waals surface area contributed by atoms with E-state index in [-0.39, 0.29) is 23.8 Å². The van der Waals surface area contributed by atoms with E-state index in [0.717, 1.165) is 0 Å². The Morgan fingerprint density at radius 1 is 1.52 bits per heavy atom. The number of aryl methyl sites for hydroxylation is 1. The number of rotatable bonds is 5. The average Bonchev–Trinajstić information content (AvgIpc) is 3.01. The molecule has 0 saturated carbocycles. The Bertz CT molecular complexity index is 526. The lowest BCUT2D eigenvalue weighted by molar-refractivity contribution is -0.134. The maximum Gasteiger partial charge on any atom is 0.227 e. The molecule has 7 heteroatoms. The van der Waals surface area contributed by atoms with E-state index >= 15 is 0 Å². The van der Waals surface area contributed by atoms with Crippen molar-refractivity contribution in [3.8, 4) is 0 Å². The Hall–Kier alpha value is -1.92. The van der Waals surface area contributed by atoms with Crippen LogP contribution in [0, 0.1) is 12.8 Å². The van der Waals surface area contributed by atoms with Gasteiger partial charge in [0.2, 0.25) is 17.7 Å². The third kappa shape index (κ3) is 3.59. The van der Waals surface area contributed by atoms with Crippen LogP contribution in [0.15, 0.2) is 4.52 Å². The van der Waals surface area contributed by atoms with Gasteiger partial charge in [-0.1, -0.05) is 5.16 Å². The van der Waals surface area contributed by atoms with Crippen molar-refractivity contribution in [3.05, 3.63) is 11.7 Å². The molecule has 116 valence electrons. The van der Waals surface area contributed by atoms with Crippen LogP contribution in [0.1, 0.15) is 32.0 Å². The molecule has 1 saturated heterocycles. The van der Waals surface area contributed by atoms with Gasteiger partial charge in [-0.2, -0.15) is 4.98 Å². The Morgan fingerprint density at radius 2 is 2.24 bits per heavy atom. The molecule has 2 amide bonds. The molecule has 1 aromatic rings. The van der Waals surface area contributed by atoms with E-state index in [1.807, 2.05) is 13.8 Å². The summed E-state index contributed by atoms with van der Waals surface area (Å²) in [4.78, 5) is 31.7. The molecule has 1 aliphatic heterocycles. The third-order valence-electron chi connectivity index (χ3n) is 3.75. The largest absolute Gasteiger partial charge is 0.345 e. The van der Waals surface area contributed by atoms with Crippen molar-refractivity contribution in [2.24, 2.45) is 5.92 Å². The van der Waals surface area contributed by atoms with E-state index in [9.17, 15) is 9.59 Å². The summed E-state index contributed by atoms with van der Waals surface area (Å²) in [5.74, 6) is 0.945. The highest BCUT2D eigenvalue weighted by Gasteiger charge is 2.36. The maximum atomic E-state index is 12.4. The highest BCUT2D eigenvalue weighted by Crippen LogP contribution is 2.21. The molecule has 0 radical (unpaired) electrons. The van der Waals surface area contributed by atoms with E-state index in [2.05, 4.69) is 10.1 Å². The first-order valence-corrected chi connectivity index (χ1v) is 7.22. The molecule has 0 N–H and O–H groups in total. The second-order valence-electron chi connectivity index (χ2n) is 5.78. The van der Waals surface area contributed by atoms with Gasteiger partial charge in [-0.15, -0.1) is 0 Å². The van der Waals surface area contributed by atoms with Crippen LogP contribution in [0.3, 0.4) is 0 Å². The number of likely N-dealkylation sites (tertiary alicyclic amines) is 1. The van der Waals surface area contributed by atoms with Gasteiger partial charge in [0.15, 0.2) is 5.82 Å². The summed E-state index contributed by atoms with van der Waals surface area (Å²) in [5.41, 5.74) is 0. The van der Waals surface area contributed by atoms with Crippen molar-refractivity contribution < 1.29 is 14.1 Å². The predicted molar refractivity (Wildman–Crippen MR) is 75.3 cm³/mol. The maximum absolute atomic E-state index is 12.4. The molecule has 1 aromatic heterocycles. The van der Waals surface area contributed by atoms with Gasteiger partial charge in [-0.25, -0.2) is 0 Å². The molecular formula is C14H22N4O3. The molecule has 2 heterocycles. The Morgan fingerprint density at radius 3 is 2.76 bits per heavy atom. The van der Waals surface area contributed by atoms with Crippen LogP contribution in [-0.4, -0.2) is 57.9 Å². The highest BCUT2D eigenvalue weighted by atomic mass is 16.5. The molecule has 0 aromatic carbocycles. The molecule has 2 rings (SSSR count). The van der Waals surface area contributed by atoms with Gasteiger partial charge >= 0.3 is 0 Å². The van der Waals surface area contributed by atoms with Crippen LogP contribution in [0.25, 0.3) is 0 Å². The fourth-order valence-electron chi connectivity index (χ4n) is 2.53. The summed E-state index contributed by atoms with van der Waals surface area (Å²) < 4.78 is 4.90. The first kappa shape index (κ1) is 15.5. The Kier molecular flexibility index (Phi) is 4.59. The first-order chi connectivity index (χ1) is 9.88. The van der Waals surface area contributed by atoms with Gasteiger partial charge in [0, 0.05) is 45.9 Å². The summed E-state index contributed by atoms with van der Waals surface area (Å²) in [7, 11) is 1.75. The Labute approximate surface area is 124 Å². The van der Waals surface area contributed by atoms with Crippen LogP contribution >= 0.6 is 0 Å². The van der Waals surface area contributed by atoms with E-state index in [4.69, 9.17) is 4.52 Å². The van der Waals surface area contributed by atoms with Gasteiger partial charge < -0.3 is 14.3 Å². The van der Waals surface area contributed by atoms with Gasteiger partial charge in [0.25, 0.3) is 0 Å². The number of nitrogens with zero attached hydrogens (tertiary/aromatic N) is 4. The number of amides is 2. The van der Waals surface area contributed by atoms with E-state index in [1.165, 1.54) is 0 Å². The molecule has 0 aliphatic carbocycles. The van der Waals surface area contributed by atoms with E-state index in [1.54, 1.807) is 23.8 Å². The van der Waals surface area contributed by atoms with Gasteiger partial charge in [-0.3, -0.25) is 9.59 Å². The normalized spacial score (nSPS) is 18.6. The minimum atomic E-state index is -0.239. The van der Waals surface area contributed by atoms with Crippen molar-refractivity contribution >= 4 is 11.8 Å². The van der Waals surface area contributed by atoms with Crippen LogP contribution in [0.2, 0.25) is 0 Å². The number of carbonyl (C=O) groups is 2. The fraction of sp³-hybridized carbons (Fsp3) is 0.714. The molecule has 1 fully saturated rings. The summed E-state index contributed by atoms with van der Waals surface area (Å²) in [5, 5.41) is 3.81. The van der Waals surface area contributed by atoms with Crippen molar-refractivity contribution in [3.63, 3.8) is 0 Å². The topological polar surface area (TPSA) is 79.5 Å². The summed E-state index contributed by atoms with van der Waals surface area (Å²) in [6.07, 6.45) is 0.858. The quantitative estimate of drug-likeness (QED) is 0.796. The van der Waals surface area contributed by atoms with Gasteiger partial charge in [-0.05, 0) is 13.8 Å². The molecule has 21 heavy (non-hydrogen) atoms. The zero-order chi connectivity index (χ0) is 15.6. The molecule has 1 aliphatic rings. The zero-order valence-electron chi connectivity index (χ0n) is 13.0. The van der Waals surface area contributed by atoms with Crippen molar-refractivity contribution in [1.82, 2.24) is 19.9 Å². The summed E-state index contributed by atoms with van der Waals surface area (Å²) in [6, 6.07) is 0.142. The molecule has 0 bridgehead atoms. The Balaban J connectivity index is 1.86. The van der Waals surface area contributed by atoms with Gasteiger partial charge in [0.1, 0.15) is 0 Å². The van der Waals surface area contributed by atoms with Gasteiger partial charge in [0.05, 0.1) is 5.92 Å². The van der Waals surface area contributed by atoms with Crippen molar-refractivity contribution in [2.75, 3.05) is 20.1 Å². The minimum absolute atomic E-state index is 0.00622. The lowest BCUT2D eigenvalue weighted by atomic mass is 10.1. The summed E-state index contributed by atoms with van der Waals surface area (Å²) in [6.45, 7) is 6.70. The number of aromatic nitrogens is 2. The van der Waals surface area contributed by atoms with Crippen molar-refractivity contribution in [2.45, 2.75) is 39.7 Å². The standard InChI is InChI=1S/C14H22N4O3/c1-9(2)18-8-11(7-13(18)19)14(20)17(4)6-5-12-15-10(3)21-16-12/h9,11H,5-8H2,1-4H3/t11-/m1/s1. The minimum Gasteiger partial charge on any atom is -0.345 e. The molecular weight excluding hydrogens is 272 g/mol. The predicted octanol–water partition coefficient (Wildman–Crippen LogP) is 0.636. The SMILES string of the molecule is Cc1nc(CCN(C)C(=O)[C@@H]2CC(=O)N(C(C)C)C2)no1. The second-order valence-corrected chi connectivity index (χ2v) is 5.78. The number of hydrogen-bond acceptors (Lipinski definition) is 5. The first-order valence-electron chi connectivity index (χ1n) is 7.22. The van der Waals surface area contributed by atoms with Crippen LogP contribution < -0.4 is 0 Å². The van der Waals surface area contributed by atoms with E-state index < -0.39 is 0 Å². The third-order valence-corrected chi connectivity index (χ3v) is 3.75. The lowest BCUT2D eigenvalue weighted by Crippen LogP contribution is -2.37.